The second-order valence-electron chi connectivity index (χ2n) is 3.54. The van der Waals surface area contributed by atoms with Crippen molar-refractivity contribution >= 4 is 23.4 Å². The van der Waals surface area contributed by atoms with E-state index in [0.29, 0.717) is 30.7 Å². The van der Waals surface area contributed by atoms with Crippen LogP contribution in [0.15, 0.2) is 12.1 Å². The Morgan fingerprint density at radius 3 is 3.06 bits per heavy atom. The number of esters is 1. The SMILES string of the molecule is COC(=O)C1CN(c2ccc(Cl)nn2)CCO1. The normalized spacial score (nSPS) is 20.1. The van der Waals surface area contributed by atoms with E-state index in [2.05, 4.69) is 14.9 Å². The predicted octanol–water partition coefficient (Wildman–Crippen LogP) is 0.508. The number of nitrogens with zero attached hydrogens (tertiary/aromatic N) is 3. The van der Waals surface area contributed by atoms with E-state index in [1.54, 1.807) is 12.1 Å². The number of ether oxygens (including phenoxy) is 2. The molecular formula is C10H12ClN3O3. The summed E-state index contributed by atoms with van der Waals surface area (Å²) in [5.74, 6) is 0.295. The fraction of sp³-hybridized carbons (Fsp3) is 0.500. The third kappa shape index (κ3) is 2.83. The zero-order valence-electron chi connectivity index (χ0n) is 9.30. The Balaban J connectivity index is 2.06. The molecule has 92 valence electrons. The molecule has 1 saturated heterocycles. The summed E-state index contributed by atoms with van der Waals surface area (Å²) in [4.78, 5) is 13.3. The summed E-state index contributed by atoms with van der Waals surface area (Å²) in [6.07, 6.45) is -0.578. The molecule has 0 saturated carbocycles. The molecular weight excluding hydrogens is 246 g/mol. The van der Waals surface area contributed by atoms with Crippen molar-refractivity contribution in [2.75, 3.05) is 31.7 Å². The first-order valence-corrected chi connectivity index (χ1v) is 5.52. The zero-order chi connectivity index (χ0) is 12.3. The van der Waals surface area contributed by atoms with E-state index < -0.39 is 6.10 Å². The lowest BCUT2D eigenvalue weighted by molar-refractivity contribution is -0.154. The standard InChI is InChI=1S/C10H12ClN3O3/c1-16-10(15)7-6-14(4-5-17-7)9-3-2-8(11)12-13-9/h2-3,7H,4-6H2,1H3. The summed E-state index contributed by atoms with van der Waals surface area (Å²) in [5, 5.41) is 8.06. The Morgan fingerprint density at radius 1 is 1.59 bits per heavy atom. The van der Waals surface area contributed by atoms with Gasteiger partial charge < -0.3 is 14.4 Å². The van der Waals surface area contributed by atoms with Crippen molar-refractivity contribution in [2.24, 2.45) is 0 Å². The van der Waals surface area contributed by atoms with E-state index in [-0.39, 0.29) is 5.97 Å². The largest absolute Gasteiger partial charge is 0.467 e. The number of hydrogen-bond donors (Lipinski definition) is 0. The molecule has 0 N–H and O–H groups in total. The molecule has 7 heteroatoms. The van der Waals surface area contributed by atoms with E-state index in [0.717, 1.165) is 0 Å². The average molecular weight is 258 g/mol. The van der Waals surface area contributed by atoms with Crippen molar-refractivity contribution in [3.8, 4) is 0 Å². The smallest absolute Gasteiger partial charge is 0.336 e. The van der Waals surface area contributed by atoms with Gasteiger partial charge in [-0.05, 0) is 12.1 Å². The maximum atomic E-state index is 11.4. The van der Waals surface area contributed by atoms with Crippen LogP contribution in [0.5, 0.6) is 0 Å². The minimum Gasteiger partial charge on any atom is -0.467 e. The Labute approximate surface area is 103 Å². The van der Waals surface area contributed by atoms with Crippen molar-refractivity contribution in [1.29, 1.82) is 0 Å². The lowest BCUT2D eigenvalue weighted by Gasteiger charge is -2.31. The Bertz CT molecular complexity index is 398. The quantitative estimate of drug-likeness (QED) is 0.720. The van der Waals surface area contributed by atoms with E-state index >= 15 is 0 Å². The first-order valence-electron chi connectivity index (χ1n) is 5.14. The van der Waals surface area contributed by atoms with Gasteiger partial charge in [0.05, 0.1) is 20.3 Å². The van der Waals surface area contributed by atoms with E-state index in [1.807, 2.05) is 4.90 Å². The molecule has 1 aromatic rings. The van der Waals surface area contributed by atoms with Crippen LogP contribution in [0.3, 0.4) is 0 Å². The van der Waals surface area contributed by atoms with Gasteiger partial charge in [-0.1, -0.05) is 11.6 Å². The summed E-state index contributed by atoms with van der Waals surface area (Å²) in [5.41, 5.74) is 0. The highest BCUT2D eigenvalue weighted by molar-refractivity contribution is 6.29. The van der Waals surface area contributed by atoms with Gasteiger partial charge in [-0.3, -0.25) is 0 Å². The molecule has 2 heterocycles. The summed E-state index contributed by atoms with van der Waals surface area (Å²) in [7, 11) is 1.34. The maximum absolute atomic E-state index is 11.4. The molecule has 0 aliphatic carbocycles. The molecule has 1 aliphatic heterocycles. The molecule has 1 aliphatic rings. The number of aromatic nitrogens is 2. The fourth-order valence-electron chi connectivity index (χ4n) is 1.61. The average Bonchev–Trinajstić information content (AvgIpc) is 2.39. The maximum Gasteiger partial charge on any atom is 0.336 e. The van der Waals surface area contributed by atoms with Crippen LogP contribution >= 0.6 is 11.6 Å². The molecule has 1 unspecified atom stereocenters. The van der Waals surface area contributed by atoms with Crippen LogP contribution in [0, 0.1) is 0 Å². The molecule has 0 radical (unpaired) electrons. The highest BCUT2D eigenvalue weighted by atomic mass is 35.5. The molecule has 2 rings (SSSR count). The van der Waals surface area contributed by atoms with Crippen LogP contribution in [0.1, 0.15) is 0 Å². The predicted molar refractivity (Wildman–Crippen MR) is 61.0 cm³/mol. The van der Waals surface area contributed by atoms with E-state index in [1.165, 1.54) is 7.11 Å². The van der Waals surface area contributed by atoms with Gasteiger partial charge in [0.15, 0.2) is 17.1 Å². The zero-order valence-corrected chi connectivity index (χ0v) is 10.1. The van der Waals surface area contributed by atoms with Gasteiger partial charge in [0.2, 0.25) is 0 Å². The second-order valence-corrected chi connectivity index (χ2v) is 3.93. The molecule has 1 aromatic heterocycles. The fourth-order valence-corrected chi connectivity index (χ4v) is 1.71. The van der Waals surface area contributed by atoms with Crippen LogP contribution in [0.4, 0.5) is 5.82 Å². The minimum absolute atomic E-state index is 0.339. The molecule has 1 atom stereocenters. The van der Waals surface area contributed by atoms with Gasteiger partial charge in [-0.25, -0.2) is 4.79 Å². The van der Waals surface area contributed by atoms with Crippen molar-refractivity contribution in [3.63, 3.8) is 0 Å². The number of morpholine rings is 1. The number of halogens is 1. The highest BCUT2D eigenvalue weighted by Gasteiger charge is 2.28. The van der Waals surface area contributed by atoms with Gasteiger partial charge in [0.1, 0.15) is 0 Å². The lowest BCUT2D eigenvalue weighted by Crippen LogP contribution is -2.46. The van der Waals surface area contributed by atoms with Crippen molar-refractivity contribution < 1.29 is 14.3 Å². The van der Waals surface area contributed by atoms with Crippen LogP contribution in [0.2, 0.25) is 5.15 Å². The van der Waals surface area contributed by atoms with Gasteiger partial charge >= 0.3 is 5.97 Å². The van der Waals surface area contributed by atoms with Gasteiger partial charge in [0, 0.05) is 6.54 Å². The first-order chi connectivity index (χ1) is 8.20. The molecule has 0 spiro atoms. The first kappa shape index (κ1) is 12.1. The summed E-state index contributed by atoms with van der Waals surface area (Å²) in [6, 6.07) is 3.42. The second kappa shape index (κ2) is 5.29. The third-order valence-electron chi connectivity index (χ3n) is 2.47. The minimum atomic E-state index is -0.578. The highest BCUT2D eigenvalue weighted by Crippen LogP contribution is 2.16. The van der Waals surface area contributed by atoms with Crippen LogP contribution < -0.4 is 4.90 Å². The third-order valence-corrected chi connectivity index (χ3v) is 2.67. The van der Waals surface area contributed by atoms with E-state index in [9.17, 15) is 4.79 Å². The van der Waals surface area contributed by atoms with E-state index in [4.69, 9.17) is 16.3 Å². The molecule has 0 aromatic carbocycles. The topological polar surface area (TPSA) is 64.5 Å². The number of carbonyl (C=O) groups is 1. The van der Waals surface area contributed by atoms with Crippen LogP contribution in [-0.4, -0.2) is 49.1 Å². The Morgan fingerprint density at radius 2 is 2.41 bits per heavy atom. The summed E-state index contributed by atoms with van der Waals surface area (Å²) >= 11 is 5.66. The van der Waals surface area contributed by atoms with Gasteiger partial charge in [-0.15, -0.1) is 10.2 Å². The molecule has 6 nitrogen and oxygen atoms in total. The van der Waals surface area contributed by atoms with Crippen molar-refractivity contribution in [1.82, 2.24) is 10.2 Å². The van der Waals surface area contributed by atoms with Crippen molar-refractivity contribution in [2.45, 2.75) is 6.10 Å². The number of anilines is 1. The van der Waals surface area contributed by atoms with Gasteiger partial charge in [0.25, 0.3) is 0 Å². The monoisotopic (exact) mass is 257 g/mol. The number of rotatable bonds is 2. The summed E-state index contributed by atoms with van der Waals surface area (Å²) in [6.45, 7) is 1.51. The number of methoxy groups -OCH3 is 1. The Hall–Kier alpha value is -1.40. The van der Waals surface area contributed by atoms with Crippen LogP contribution in [-0.2, 0) is 14.3 Å². The molecule has 0 amide bonds. The molecule has 17 heavy (non-hydrogen) atoms. The lowest BCUT2D eigenvalue weighted by atomic mass is 10.2. The summed E-state index contributed by atoms with van der Waals surface area (Å²) < 4.78 is 9.96. The Kier molecular flexibility index (Phi) is 3.75. The van der Waals surface area contributed by atoms with Gasteiger partial charge in [-0.2, -0.15) is 0 Å². The number of carbonyl (C=O) groups excluding carboxylic acids is 1. The van der Waals surface area contributed by atoms with Crippen molar-refractivity contribution in [3.05, 3.63) is 17.3 Å². The number of hydrogen-bond acceptors (Lipinski definition) is 6. The molecule has 0 bridgehead atoms. The molecule has 1 fully saturated rings. The van der Waals surface area contributed by atoms with Crippen LogP contribution in [0.25, 0.3) is 0 Å².